The zero-order valence-corrected chi connectivity index (χ0v) is 11.1. The zero-order chi connectivity index (χ0) is 13.9. The van der Waals surface area contributed by atoms with Gasteiger partial charge in [-0.15, -0.1) is 0 Å². The average molecular weight is 265 g/mol. The highest BCUT2D eigenvalue weighted by atomic mass is 16.4. The van der Waals surface area contributed by atoms with E-state index in [0.29, 0.717) is 5.69 Å². The molecule has 0 radical (unpaired) electrons. The number of rotatable bonds is 4. The monoisotopic (exact) mass is 265 g/mol. The van der Waals surface area contributed by atoms with Crippen LogP contribution >= 0.6 is 0 Å². The number of nitrogens with zero attached hydrogens (tertiary/aromatic N) is 2. The number of nitrogens with one attached hydrogen (secondary N) is 1. The molecule has 0 unspecified atom stereocenters. The second-order valence-electron chi connectivity index (χ2n) is 5.19. The predicted molar refractivity (Wildman–Crippen MR) is 68.8 cm³/mol. The molecule has 2 rings (SSSR count). The molecule has 6 heteroatoms. The molecule has 0 saturated heterocycles. The molecule has 1 fully saturated rings. The van der Waals surface area contributed by atoms with Crippen LogP contribution in [-0.4, -0.2) is 44.7 Å². The summed E-state index contributed by atoms with van der Waals surface area (Å²) >= 11 is 0. The summed E-state index contributed by atoms with van der Waals surface area (Å²) in [6, 6.07) is 1.61. The molecule has 0 atom stereocenters. The van der Waals surface area contributed by atoms with Gasteiger partial charge in [-0.3, -0.25) is 14.7 Å². The van der Waals surface area contributed by atoms with Crippen LogP contribution in [0.25, 0.3) is 0 Å². The lowest BCUT2D eigenvalue weighted by Crippen LogP contribution is -2.52. The minimum atomic E-state index is -0.855. The molecule has 104 valence electrons. The Morgan fingerprint density at radius 3 is 2.63 bits per heavy atom. The van der Waals surface area contributed by atoms with Gasteiger partial charge in [-0.1, -0.05) is 19.3 Å². The lowest BCUT2D eigenvalue weighted by atomic mass is 9.78. The van der Waals surface area contributed by atoms with Crippen LogP contribution in [0.3, 0.4) is 0 Å². The first-order chi connectivity index (χ1) is 9.05. The largest absolute Gasteiger partial charge is 0.481 e. The van der Waals surface area contributed by atoms with Gasteiger partial charge in [0.2, 0.25) is 0 Å². The lowest BCUT2D eigenvalue weighted by molar-refractivity contribution is -0.140. The average Bonchev–Trinajstić information content (AvgIpc) is 2.91. The van der Waals surface area contributed by atoms with Gasteiger partial charge >= 0.3 is 5.97 Å². The summed E-state index contributed by atoms with van der Waals surface area (Å²) in [5.74, 6) is -1.05. The summed E-state index contributed by atoms with van der Waals surface area (Å²) in [6.07, 6.45) is 6.05. The summed E-state index contributed by atoms with van der Waals surface area (Å²) in [7, 11) is 1.69. The summed E-state index contributed by atoms with van der Waals surface area (Å²) in [5.41, 5.74) is -0.162. The van der Waals surface area contributed by atoms with Gasteiger partial charge < -0.3 is 10.0 Å². The highest BCUT2D eigenvalue weighted by molar-refractivity contribution is 5.92. The molecule has 0 bridgehead atoms. The van der Waals surface area contributed by atoms with Crippen LogP contribution < -0.4 is 0 Å². The van der Waals surface area contributed by atoms with Crippen molar-refractivity contribution in [2.75, 3.05) is 7.05 Å². The molecule has 1 saturated carbocycles. The van der Waals surface area contributed by atoms with Crippen molar-refractivity contribution >= 4 is 11.9 Å². The Morgan fingerprint density at radius 2 is 2.11 bits per heavy atom. The Kier molecular flexibility index (Phi) is 3.87. The summed E-state index contributed by atoms with van der Waals surface area (Å²) in [6.45, 7) is 0. The number of H-pyrrole nitrogens is 1. The standard InChI is InChI=1S/C13H19N3O3/c1-16(12(19)10-5-8-14-15-10)13(9-11(17)18)6-3-2-4-7-13/h5,8H,2-4,6-7,9H2,1H3,(H,14,15)(H,17,18). The quantitative estimate of drug-likeness (QED) is 0.866. The molecule has 1 heterocycles. The van der Waals surface area contributed by atoms with Gasteiger partial charge in [0.1, 0.15) is 5.69 Å². The van der Waals surface area contributed by atoms with Crippen LogP contribution in [0.15, 0.2) is 12.3 Å². The van der Waals surface area contributed by atoms with E-state index in [1.165, 1.54) is 6.20 Å². The maximum Gasteiger partial charge on any atom is 0.305 e. The first-order valence-electron chi connectivity index (χ1n) is 6.54. The van der Waals surface area contributed by atoms with Gasteiger partial charge in [-0.25, -0.2) is 0 Å². The third-order valence-electron chi connectivity index (χ3n) is 4.01. The van der Waals surface area contributed by atoms with Crippen molar-refractivity contribution in [1.82, 2.24) is 15.1 Å². The van der Waals surface area contributed by atoms with E-state index < -0.39 is 11.5 Å². The summed E-state index contributed by atoms with van der Waals surface area (Å²) < 4.78 is 0. The van der Waals surface area contributed by atoms with E-state index in [2.05, 4.69) is 10.2 Å². The fraction of sp³-hybridized carbons (Fsp3) is 0.615. The van der Waals surface area contributed by atoms with Crippen LogP contribution in [0, 0.1) is 0 Å². The van der Waals surface area contributed by atoms with Crippen molar-refractivity contribution in [3.8, 4) is 0 Å². The number of carbonyl (C=O) groups excluding carboxylic acids is 1. The number of hydrogen-bond donors (Lipinski definition) is 2. The molecule has 0 aliphatic heterocycles. The lowest BCUT2D eigenvalue weighted by Gasteiger charge is -2.43. The fourth-order valence-electron chi connectivity index (χ4n) is 2.89. The number of hydrogen-bond acceptors (Lipinski definition) is 3. The molecule has 0 aromatic carbocycles. The Labute approximate surface area is 111 Å². The van der Waals surface area contributed by atoms with Gasteiger partial charge in [-0.2, -0.15) is 5.10 Å². The van der Waals surface area contributed by atoms with Gasteiger partial charge in [0.15, 0.2) is 0 Å². The van der Waals surface area contributed by atoms with Crippen molar-refractivity contribution in [2.24, 2.45) is 0 Å². The predicted octanol–water partition coefficient (Wildman–Crippen LogP) is 1.66. The van der Waals surface area contributed by atoms with Crippen molar-refractivity contribution in [1.29, 1.82) is 0 Å². The van der Waals surface area contributed by atoms with Crippen LogP contribution in [0.1, 0.15) is 49.0 Å². The minimum Gasteiger partial charge on any atom is -0.481 e. The van der Waals surface area contributed by atoms with E-state index in [-0.39, 0.29) is 12.3 Å². The highest BCUT2D eigenvalue weighted by Gasteiger charge is 2.40. The first-order valence-corrected chi connectivity index (χ1v) is 6.54. The van der Waals surface area contributed by atoms with Gasteiger partial charge in [0.05, 0.1) is 12.0 Å². The van der Waals surface area contributed by atoms with Crippen LogP contribution in [0.4, 0.5) is 0 Å². The number of carbonyl (C=O) groups is 2. The molecule has 2 N–H and O–H groups in total. The van der Waals surface area contributed by atoms with Crippen LogP contribution in [0.5, 0.6) is 0 Å². The number of carboxylic acids is 1. The SMILES string of the molecule is CN(C(=O)c1ccn[nH]1)C1(CC(=O)O)CCCCC1. The third kappa shape index (κ3) is 2.77. The molecule has 1 amide bonds. The Morgan fingerprint density at radius 1 is 1.42 bits per heavy atom. The zero-order valence-electron chi connectivity index (χ0n) is 11.1. The number of aromatic nitrogens is 2. The minimum absolute atomic E-state index is 0.00335. The van der Waals surface area contributed by atoms with E-state index in [4.69, 9.17) is 5.11 Å². The van der Waals surface area contributed by atoms with Crippen LogP contribution in [0.2, 0.25) is 0 Å². The molecule has 1 aromatic heterocycles. The van der Waals surface area contributed by atoms with E-state index >= 15 is 0 Å². The Balaban J connectivity index is 2.22. The Bertz CT molecular complexity index is 450. The number of aliphatic carboxylic acids is 1. The highest BCUT2D eigenvalue weighted by Crippen LogP contribution is 2.36. The van der Waals surface area contributed by atoms with Crippen molar-refractivity contribution < 1.29 is 14.7 Å². The molecule has 1 aliphatic rings. The molecule has 1 aliphatic carbocycles. The molecule has 19 heavy (non-hydrogen) atoms. The maximum atomic E-state index is 12.4. The Hall–Kier alpha value is -1.85. The summed E-state index contributed by atoms with van der Waals surface area (Å²) in [5, 5.41) is 15.5. The van der Waals surface area contributed by atoms with Crippen molar-refractivity contribution in [3.63, 3.8) is 0 Å². The molecule has 1 aromatic rings. The normalized spacial score (nSPS) is 17.9. The molecule has 0 spiro atoms. The number of amides is 1. The van der Waals surface area contributed by atoms with Gasteiger partial charge in [0, 0.05) is 13.2 Å². The van der Waals surface area contributed by atoms with Gasteiger partial charge in [-0.05, 0) is 18.9 Å². The topological polar surface area (TPSA) is 86.3 Å². The van der Waals surface area contributed by atoms with Crippen molar-refractivity contribution in [2.45, 2.75) is 44.1 Å². The summed E-state index contributed by atoms with van der Waals surface area (Å²) in [4.78, 5) is 25.1. The smallest absolute Gasteiger partial charge is 0.305 e. The van der Waals surface area contributed by atoms with E-state index in [1.54, 1.807) is 18.0 Å². The van der Waals surface area contributed by atoms with Gasteiger partial charge in [0.25, 0.3) is 5.91 Å². The second-order valence-corrected chi connectivity index (χ2v) is 5.19. The fourth-order valence-corrected chi connectivity index (χ4v) is 2.89. The van der Waals surface area contributed by atoms with Crippen LogP contribution in [-0.2, 0) is 4.79 Å². The number of aromatic amines is 1. The van der Waals surface area contributed by atoms with E-state index in [9.17, 15) is 9.59 Å². The third-order valence-corrected chi connectivity index (χ3v) is 4.01. The molecular formula is C13H19N3O3. The molecular weight excluding hydrogens is 246 g/mol. The maximum absolute atomic E-state index is 12.4. The van der Waals surface area contributed by atoms with E-state index in [0.717, 1.165) is 32.1 Å². The van der Waals surface area contributed by atoms with Crippen molar-refractivity contribution in [3.05, 3.63) is 18.0 Å². The second kappa shape index (κ2) is 5.42. The first kappa shape index (κ1) is 13.6. The van der Waals surface area contributed by atoms with E-state index in [1.807, 2.05) is 0 Å². The molecule has 6 nitrogen and oxygen atoms in total. The number of carboxylic acid groups (broad SMARTS) is 1.